The van der Waals surface area contributed by atoms with Gasteiger partial charge in [0.15, 0.2) is 0 Å². The maximum absolute atomic E-state index is 12.0. The molecule has 4 rings (SSSR count). The van der Waals surface area contributed by atoms with E-state index in [0.29, 0.717) is 41.9 Å². The standard InChI is InChI=1S/C26H43NO5/c1-15(4-7-22(30)27-14-23(31)32)18-5-6-19-24-20(9-11-26(18,19)3)25(2)10-8-17(28)12-16(25)13-21(24)29/h15-21,24,28-29H,4-14H2,1-3H3,(H,27,30)(H,31,32)/t15?,16?,17-,18?,19?,20?,21-,24?,25?,26?/m1/s1. The molecule has 1 amide bonds. The molecule has 8 unspecified atom stereocenters. The second kappa shape index (κ2) is 8.90. The van der Waals surface area contributed by atoms with Gasteiger partial charge >= 0.3 is 5.97 Å². The summed E-state index contributed by atoms with van der Waals surface area (Å²) in [6.45, 7) is 6.83. The smallest absolute Gasteiger partial charge is 0.322 e. The molecule has 4 saturated carbocycles. The van der Waals surface area contributed by atoms with Crippen molar-refractivity contribution >= 4 is 11.9 Å². The summed E-state index contributed by atoms with van der Waals surface area (Å²) >= 11 is 0. The maximum Gasteiger partial charge on any atom is 0.322 e. The van der Waals surface area contributed by atoms with E-state index in [1.807, 2.05) is 0 Å². The van der Waals surface area contributed by atoms with Crippen LogP contribution in [0.5, 0.6) is 0 Å². The lowest BCUT2D eigenvalue weighted by Gasteiger charge is -2.62. The van der Waals surface area contributed by atoms with E-state index in [1.165, 1.54) is 12.8 Å². The molecule has 6 nitrogen and oxygen atoms in total. The van der Waals surface area contributed by atoms with E-state index in [1.54, 1.807) is 0 Å². The van der Waals surface area contributed by atoms with Gasteiger partial charge in [-0.3, -0.25) is 9.59 Å². The van der Waals surface area contributed by atoms with E-state index < -0.39 is 5.97 Å². The minimum atomic E-state index is -1.01. The van der Waals surface area contributed by atoms with Crippen molar-refractivity contribution in [3.63, 3.8) is 0 Å². The number of hydrogen-bond donors (Lipinski definition) is 4. The zero-order valence-electron chi connectivity index (χ0n) is 20.1. The Morgan fingerprint density at radius 1 is 1.00 bits per heavy atom. The lowest BCUT2D eigenvalue weighted by molar-refractivity contribution is -0.174. The van der Waals surface area contributed by atoms with Crippen molar-refractivity contribution in [2.75, 3.05) is 6.54 Å². The number of carbonyl (C=O) groups is 2. The minimum Gasteiger partial charge on any atom is -0.480 e. The fourth-order valence-corrected chi connectivity index (χ4v) is 9.00. The van der Waals surface area contributed by atoms with Crippen molar-refractivity contribution in [2.45, 2.75) is 97.2 Å². The highest BCUT2D eigenvalue weighted by atomic mass is 16.4. The molecule has 0 radical (unpaired) electrons. The first-order chi connectivity index (χ1) is 15.1. The molecule has 4 aliphatic rings. The Kier molecular flexibility index (Phi) is 6.68. The first-order valence-corrected chi connectivity index (χ1v) is 12.9. The average molecular weight is 450 g/mol. The average Bonchev–Trinajstić information content (AvgIpc) is 3.09. The molecule has 6 heteroatoms. The molecule has 0 aromatic rings. The Labute approximate surface area is 192 Å². The molecule has 0 aromatic heterocycles. The number of aliphatic carboxylic acids is 1. The highest BCUT2D eigenvalue weighted by Gasteiger charge is 2.62. The van der Waals surface area contributed by atoms with Crippen LogP contribution in [-0.2, 0) is 9.59 Å². The Morgan fingerprint density at radius 2 is 1.69 bits per heavy atom. The second-order valence-corrected chi connectivity index (χ2v) is 12.1. The van der Waals surface area contributed by atoms with Gasteiger partial charge in [0.05, 0.1) is 12.2 Å². The number of nitrogens with one attached hydrogen (secondary N) is 1. The van der Waals surface area contributed by atoms with E-state index in [2.05, 4.69) is 26.1 Å². The summed E-state index contributed by atoms with van der Waals surface area (Å²) in [6, 6.07) is 0. The lowest BCUT2D eigenvalue weighted by Crippen LogP contribution is -2.58. The van der Waals surface area contributed by atoms with Crippen molar-refractivity contribution in [2.24, 2.45) is 46.3 Å². The van der Waals surface area contributed by atoms with Gasteiger partial charge in [0.25, 0.3) is 0 Å². The van der Waals surface area contributed by atoms with Crippen LogP contribution in [-0.4, -0.2) is 45.9 Å². The number of amides is 1. The second-order valence-electron chi connectivity index (χ2n) is 12.1. The Bertz CT molecular complexity index is 727. The lowest BCUT2D eigenvalue weighted by atomic mass is 9.43. The van der Waals surface area contributed by atoms with E-state index in [4.69, 9.17) is 5.11 Å². The number of rotatable bonds is 6. The molecule has 0 saturated heterocycles. The van der Waals surface area contributed by atoms with Crippen LogP contribution < -0.4 is 5.32 Å². The van der Waals surface area contributed by atoms with Crippen molar-refractivity contribution in [3.05, 3.63) is 0 Å². The molecule has 4 fully saturated rings. The van der Waals surface area contributed by atoms with Gasteiger partial charge in [-0.1, -0.05) is 20.8 Å². The molecular formula is C26H43NO5. The molecule has 4 N–H and O–H groups in total. The van der Waals surface area contributed by atoms with Crippen molar-refractivity contribution in [1.82, 2.24) is 5.32 Å². The molecule has 4 aliphatic carbocycles. The van der Waals surface area contributed by atoms with Crippen molar-refractivity contribution in [3.8, 4) is 0 Å². The van der Waals surface area contributed by atoms with Gasteiger partial charge in [-0.25, -0.2) is 0 Å². The number of fused-ring (bicyclic) bond motifs is 5. The summed E-state index contributed by atoms with van der Waals surface area (Å²) in [7, 11) is 0. The first-order valence-electron chi connectivity index (χ1n) is 12.9. The molecule has 0 aromatic carbocycles. The topological polar surface area (TPSA) is 107 Å². The van der Waals surface area contributed by atoms with Crippen LogP contribution in [0.4, 0.5) is 0 Å². The Morgan fingerprint density at radius 3 is 2.41 bits per heavy atom. The number of carboxylic acid groups (broad SMARTS) is 1. The summed E-state index contributed by atoms with van der Waals surface area (Å²) in [6.07, 6.45) is 9.06. The summed E-state index contributed by atoms with van der Waals surface area (Å²) in [5, 5.41) is 32.8. The predicted molar refractivity (Wildman–Crippen MR) is 122 cm³/mol. The summed E-state index contributed by atoms with van der Waals surface area (Å²) in [5.41, 5.74) is 0.451. The fraction of sp³-hybridized carbons (Fsp3) is 0.923. The van der Waals surface area contributed by atoms with Gasteiger partial charge in [0, 0.05) is 6.42 Å². The van der Waals surface area contributed by atoms with Gasteiger partial charge in [-0.2, -0.15) is 0 Å². The monoisotopic (exact) mass is 449 g/mol. The molecular weight excluding hydrogens is 406 g/mol. The number of aliphatic hydroxyl groups excluding tert-OH is 2. The van der Waals surface area contributed by atoms with Crippen molar-refractivity contribution < 1.29 is 24.9 Å². The number of carbonyl (C=O) groups excluding carboxylic acids is 1. The summed E-state index contributed by atoms with van der Waals surface area (Å²) in [5.74, 6) is 1.66. The third kappa shape index (κ3) is 4.11. The van der Waals surface area contributed by atoms with E-state index in [-0.39, 0.29) is 35.5 Å². The third-order valence-corrected chi connectivity index (χ3v) is 10.7. The highest BCUT2D eigenvalue weighted by molar-refractivity contribution is 5.81. The summed E-state index contributed by atoms with van der Waals surface area (Å²) < 4.78 is 0. The molecule has 0 aliphatic heterocycles. The van der Waals surface area contributed by atoms with Gasteiger partial charge in [-0.05, 0) is 104 Å². The maximum atomic E-state index is 12.0. The van der Waals surface area contributed by atoms with E-state index in [0.717, 1.165) is 44.9 Å². The highest BCUT2D eigenvalue weighted by Crippen LogP contribution is 2.68. The van der Waals surface area contributed by atoms with Crippen LogP contribution in [0.2, 0.25) is 0 Å². The van der Waals surface area contributed by atoms with Gasteiger partial charge in [-0.15, -0.1) is 0 Å². The molecule has 32 heavy (non-hydrogen) atoms. The fourth-order valence-electron chi connectivity index (χ4n) is 9.00. The van der Waals surface area contributed by atoms with Crippen LogP contribution >= 0.6 is 0 Å². The molecule has 182 valence electrons. The van der Waals surface area contributed by atoms with E-state index in [9.17, 15) is 19.8 Å². The number of hydrogen-bond acceptors (Lipinski definition) is 4. The first kappa shape index (κ1) is 24.0. The summed E-state index contributed by atoms with van der Waals surface area (Å²) in [4.78, 5) is 22.7. The van der Waals surface area contributed by atoms with Crippen LogP contribution in [0.3, 0.4) is 0 Å². The Hall–Kier alpha value is -1.14. The minimum absolute atomic E-state index is 0.177. The molecule has 0 heterocycles. The number of carboxylic acids is 1. The van der Waals surface area contributed by atoms with Gasteiger partial charge in [0.2, 0.25) is 5.91 Å². The van der Waals surface area contributed by atoms with Crippen LogP contribution in [0.25, 0.3) is 0 Å². The SMILES string of the molecule is CC(CCC(=O)NCC(=O)O)C1CCC2C3C(CCC12C)C1(C)CC[C@@H](O)CC1C[C@H]3O. The third-order valence-electron chi connectivity index (χ3n) is 10.7. The predicted octanol–water partition coefficient (Wildman–Crippen LogP) is 3.59. The van der Waals surface area contributed by atoms with Crippen LogP contribution in [0.1, 0.15) is 85.0 Å². The van der Waals surface area contributed by atoms with Crippen LogP contribution in [0.15, 0.2) is 0 Å². The van der Waals surface area contributed by atoms with Crippen LogP contribution in [0, 0.1) is 46.3 Å². The molecule has 0 bridgehead atoms. The quantitative estimate of drug-likeness (QED) is 0.496. The van der Waals surface area contributed by atoms with Gasteiger partial charge < -0.3 is 20.6 Å². The normalized spacial score (nSPS) is 46.5. The van der Waals surface area contributed by atoms with Gasteiger partial charge in [0.1, 0.15) is 6.54 Å². The molecule has 10 atom stereocenters. The van der Waals surface area contributed by atoms with Crippen molar-refractivity contribution in [1.29, 1.82) is 0 Å². The zero-order chi connectivity index (χ0) is 23.3. The Balaban J connectivity index is 1.44. The number of aliphatic hydroxyl groups is 2. The zero-order valence-corrected chi connectivity index (χ0v) is 20.1. The largest absolute Gasteiger partial charge is 0.480 e. The van der Waals surface area contributed by atoms with E-state index >= 15 is 0 Å². The molecule has 0 spiro atoms.